The van der Waals surface area contributed by atoms with Gasteiger partial charge in [0.25, 0.3) is 0 Å². The smallest absolute Gasteiger partial charge is 0.224 e. The molecule has 0 saturated carbocycles. The van der Waals surface area contributed by atoms with Crippen molar-refractivity contribution in [1.29, 1.82) is 0 Å². The molecule has 110 valence electrons. The van der Waals surface area contributed by atoms with Gasteiger partial charge in [0, 0.05) is 24.7 Å². The van der Waals surface area contributed by atoms with Crippen molar-refractivity contribution in [3.05, 3.63) is 35.4 Å². The highest BCUT2D eigenvalue weighted by Gasteiger charge is 2.18. The van der Waals surface area contributed by atoms with Gasteiger partial charge in [0.05, 0.1) is 6.42 Å². The maximum atomic E-state index is 13.4. The summed E-state index contributed by atoms with van der Waals surface area (Å²) in [7, 11) is 0. The fourth-order valence-corrected chi connectivity index (χ4v) is 2.54. The van der Waals surface area contributed by atoms with Crippen LogP contribution >= 0.6 is 0 Å². The number of halogens is 2. The lowest BCUT2D eigenvalue weighted by Crippen LogP contribution is -2.47. The van der Waals surface area contributed by atoms with Crippen LogP contribution in [0.3, 0.4) is 0 Å². The van der Waals surface area contributed by atoms with Crippen molar-refractivity contribution >= 4 is 5.91 Å². The summed E-state index contributed by atoms with van der Waals surface area (Å²) >= 11 is 0. The molecule has 2 N–H and O–H groups in total. The van der Waals surface area contributed by atoms with E-state index in [1.807, 2.05) is 0 Å². The molecule has 3 nitrogen and oxygen atoms in total. The average molecular weight is 282 g/mol. The molecule has 1 aliphatic heterocycles. The van der Waals surface area contributed by atoms with Crippen molar-refractivity contribution in [2.24, 2.45) is 0 Å². The topological polar surface area (TPSA) is 41.1 Å². The van der Waals surface area contributed by atoms with Crippen LogP contribution in [0.2, 0.25) is 0 Å². The Hall–Kier alpha value is -1.49. The summed E-state index contributed by atoms with van der Waals surface area (Å²) in [6.07, 6.45) is 3.29. The van der Waals surface area contributed by atoms with Crippen LogP contribution in [0.1, 0.15) is 31.7 Å². The van der Waals surface area contributed by atoms with Gasteiger partial charge in [0.2, 0.25) is 5.91 Å². The molecule has 2 atom stereocenters. The zero-order valence-corrected chi connectivity index (χ0v) is 11.6. The Bertz CT molecular complexity index is 479. The molecule has 0 aromatic heterocycles. The predicted molar refractivity (Wildman–Crippen MR) is 73.3 cm³/mol. The van der Waals surface area contributed by atoms with E-state index in [-0.39, 0.29) is 23.9 Å². The highest BCUT2D eigenvalue weighted by Crippen LogP contribution is 2.12. The van der Waals surface area contributed by atoms with Gasteiger partial charge in [0.1, 0.15) is 11.6 Å². The molecule has 2 unspecified atom stereocenters. The first-order valence-electron chi connectivity index (χ1n) is 7.01. The number of amides is 1. The summed E-state index contributed by atoms with van der Waals surface area (Å²) in [5, 5.41) is 6.22. The molecule has 0 radical (unpaired) electrons. The van der Waals surface area contributed by atoms with E-state index in [2.05, 4.69) is 17.6 Å². The van der Waals surface area contributed by atoms with Crippen molar-refractivity contribution in [3.63, 3.8) is 0 Å². The molecule has 1 amide bonds. The quantitative estimate of drug-likeness (QED) is 0.888. The summed E-state index contributed by atoms with van der Waals surface area (Å²) in [5.74, 6) is -1.55. The molecule has 1 aromatic rings. The van der Waals surface area contributed by atoms with E-state index in [9.17, 15) is 13.6 Å². The standard InChI is InChI=1S/C15H20F2N2O/c1-10-3-2-4-13(19-10)9-18-15(20)7-11-5-6-12(16)8-14(11)17/h5-6,8,10,13,19H,2-4,7,9H2,1H3,(H,18,20). The van der Waals surface area contributed by atoms with Crippen LogP contribution in [0, 0.1) is 11.6 Å². The van der Waals surface area contributed by atoms with Crippen LogP contribution in [0.15, 0.2) is 18.2 Å². The summed E-state index contributed by atoms with van der Waals surface area (Å²) in [6.45, 7) is 2.67. The first kappa shape index (κ1) is 14.9. The second kappa shape index (κ2) is 6.79. The summed E-state index contributed by atoms with van der Waals surface area (Å²) in [5.41, 5.74) is 0.217. The SMILES string of the molecule is CC1CCCC(CNC(=O)Cc2ccc(F)cc2F)N1. The zero-order chi connectivity index (χ0) is 14.5. The third kappa shape index (κ3) is 4.27. The van der Waals surface area contributed by atoms with Gasteiger partial charge in [-0.1, -0.05) is 12.5 Å². The van der Waals surface area contributed by atoms with E-state index in [0.717, 1.165) is 31.4 Å². The summed E-state index contributed by atoms with van der Waals surface area (Å²) < 4.78 is 26.2. The van der Waals surface area contributed by atoms with Crippen LogP contribution in [-0.4, -0.2) is 24.5 Å². The lowest BCUT2D eigenvalue weighted by molar-refractivity contribution is -0.120. The molecule has 2 rings (SSSR count). The molecular weight excluding hydrogens is 262 g/mol. The second-order valence-electron chi connectivity index (χ2n) is 5.41. The highest BCUT2D eigenvalue weighted by molar-refractivity contribution is 5.78. The Morgan fingerprint density at radius 2 is 2.20 bits per heavy atom. The fraction of sp³-hybridized carbons (Fsp3) is 0.533. The minimum absolute atomic E-state index is 0.0611. The molecule has 1 heterocycles. The van der Waals surface area contributed by atoms with Crippen LogP contribution in [0.4, 0.5) is 8.78 Å². The van der Waals surface area contributed by atoms with Gasteiger partial charge in [-0.05, 0) is 31.4 Å². The number of rotatable bonds is 4. The third-order valence-electron chi connectivity index (χ3n) is 3.62. The van der Waals surface area contributed by atoms with Gasteiger partial charge >= 0.3 is 0 Å². The van der Waals surface area contributed by atoms with Crippen LogP contribution < -0.4 is 10.6 Å². The Morgan fingerprint density at radius 3 is 2.90 bits per heavy atom. The van der Waals surface area contributed by atoms with Crippen molar-refractivity contribution in [1.82, 2.24) is 10.6 Å². The second-order valence-corrected chi connectivity index (χ2v) is 5.41. The lowest BCUT2D eigenvalue weighted by Gasteiger charge is -2.28. The molecule has 20 heavy (non-hydrogen) atoms. The predicted octanol–water partition coefficient (Wildman–Crippen LogP) is 2.15. The summed E-state index contributed by atoms with van der Waals surface area (Å²) in [4.78, 5) is 11.8. The number of hydrogen-bond donors (Lipinski definition) is 2. The van der Waals surface area contributed by atoms with Crippen molar-refractivity contribution in [2.45, 2.75) is 44.7 Å². The first-order chi connectivity index (χ1) is 9.54. The average Bonchev–Trinajstić information content (AvgIpc) is 2.40. The van der Waals surface area contributed by atoms with E-state index in [1.165, 1.54) is 6.07 Å². The van der Waals surface area contributed by atoms with Crippen molar-refractivity contribution in [3.8, 4) is 0 Å². The number of hydrogen-bond acceptors (Lipinski definition) is 2. The molecule has 1 saturated heterocycles. The van der Waals surface area contributed by atoms with Gasteiger partial charge < -0.3 is 10.6 Å². The minimum Gasteiger partial charge on any atom is -0.354 e. The summed E-state index contributed by atoms with van der Waals surface area (Å²) in [6, 6.07) is 4.02. The van der Waals surface area contributed by atoms with Crippen LogP contribution in [0.5, 0.6) is 0 Å². The van der Waals surface area contributed by atoms with Gasteiger partial charge in [-0.15, -0.1) is 0 Å². The Labute approximate surface area is 117 Å². The molecular formula is C15H20F2N2O. The van der Waals surface area contributed by atoms with E-state index < -0.39 is 11.6 Å². The minimum atomic E-state index is -0.676. The van der Waals surface area contributed by atoms with E-state index in [0.29, 0.717) is 12.6 Å². The monoisotopic (exact) mass is 282 g/mol. The maximum absolute atomic E-state index is 13.4. The van der Waals surface area contributed by atoms with E-state index >= 15 is 0 Å². The Kier molecular flexibility index (Phi) is 5.06. The molecule has 0 spiro atoms. The fourth-order valence-electron chi connectivity index (χ4n) is 2.54. The van der Waals surface area contributed by atoms with Gasteiger partial charge in [0.15, 0.2) is 0 Å². The number of nitrogens with one attached hydrogen (secondary N) is 2. The largest absolute Gasteiger partial charge is 0.354 e. The molecule has 0 aliphatic carbocycles. The molecule has 5 heteroatoms. The Morgan fingerprint density at radius 1 is 1.40 bits per heavy atom. The van der Waals surface area contributed by atoms with Crippen molar-refractivity contribution in [2.75, 3.05) is 6.54 Å². The number of piperidine rings is 1. The third-order valence-corrected chi connectivity index (χ3v) is 3.62. The molecule has 1 fully saturated rings. The number of benzene rings is 1. The van der Waals surface area contributed by atoms with Gasteiger partial charge in [-0.2, -0.15) is 0 Å². The normalized spacial score (nSPS) is 22.6. The first-order valence-corrected chi connectivity index (χ1v) is 7.01. The Balaban J connectivity index is 1.80. The van der Waals surface area contributed by atoms with Crippen LogP contribution in [-0.2, 0) is 11.2 Å². The molecule has 1 aromatic carbocycles. The molecule has 1 aliphatic rings. The highest BCUT2D eigenvalue weighted by atomic mass is 19.1. The zero-order valence-electron chi connectivity index (χ0n) is 11.6. The number of carbonyl (C=O) groups is 1. The van der Waals surface area contributed by atoms with E-state index in [4.69, 9.17) is 0 Å². The lowest BCUT2D eigenvalue weighted by atomic mass is 9.99. The van der Waals surface area contributed by atoms with Gasteiger partial charge in [-0.3, -0.25) is 4.79 Å². The van der Waals surface area contributed by atoms with Crippen molar-refractivity contribution < 1.29 is 13.6 Å². The molecule has 0 bridgehead atoms. The number of carbonyl (C=O) groups excluding carboxylic acids is 1. The van der Waals surface area contributed by atoms with Gasteiger partial charge in [-0.25, -0.2) is 8.78 Å². The van der Waals surface area contributed by atoms with E-state index in [1.54, 1.807) is 0 Å². The van der Waals surface area contributed by atoms with Crippen LogP contribution in [0.25, 0.3) is 0 Å². The maximum Gasteiger partial charge on any atom is 0.224 e.